The lowest BCUT2D eigenvalue weighted by atomic mass is 9.62. The zero-order chi connectivity index (χ0) is 29.9. The van der Waals surface area contributed by atoms with E-state index in [0.717, 1.165) is 22.3 Å². The molecule has 1 spiro atoms. The van der Waals surface area contributed by atoms with Crippen LogP contribution in [0.1, 0.15) is 28.7 Å². The molecular weight excluding hydrogens is 554 g/mol. The van der Waals surface area contributed by atoms with Crippen LogP contribution in [0.2, 0.25) is 0 Å². The summed E-state index contributed by atoms with van der Waals surface area (Å²) in [7, 11) is 3.38. The smallest absolute Gasteiger partial charge is 0.327 e. The largest absolute Gasteiger partial charge is 0.458 e. The van der Waals surface area contributed by atoms with Gasteiger partial charge in [-0.25, -0.2) is 0 Å². The summed E-state index contributed by atoms with van der Waals surface area (Å²) in [6, 6.07) is 14.6. The Morgan fingerprint density at radius 2 is 1.77 bits per heavy atom. The van der Waals surface area contributed by atoms with E-state index >= 15 is 0 Å². The minimum Gasteiger partial charge on any atom is -0.458 e. The summed E-state index contributed by atoms with van der Waals surface area (Å²) in [6.45, 7) is 0.0325. The highest BCUT2D eigenvalue weighted by Crippen LogP contribution is 2.58. The van der Waals surface area contributed by atoms with Crippen molar-refractivity contribution in [1.29, 1.82) is 0 Å². The van der Waals surface area contributed by atoms with E-state index in [9.17, 15) is 19.5 Å². The van der Waals surface area contributed by atoms with E-state index in [4.69, 9.17) is 19.0 Å². The molecule has 11 nitrogen and oxygen atoms in total. The highest BCUT2D eigenvalue weighted by molar-refractivity contribution is 5.93. The highest BCUT2D eigenvalue weighted by Gasteiger charge is 2.76. The first-order chi connectivity index (χ1) is 20.7. The Morgan fingerprint density at radius 3 is 2.44 bits per heavy atom. The van der Waals surface area contributed by atoms with Gasteiger partial charge >= 0.3 is 5.97 Å². The zero-order valence-corrected chi connectivity index (χ0v) is 24.1. The van der Waals surface area contributed by atoms with Crippen LogP contribution in [0.15, 0.2) is 54.6 Å². The van der Waals surface area contributed by atoms with Crippen molar-refractivity contribution in [2.24, 2.45) is 5.41 Å². The normalized spacial score (nSPS) is 31.6. The molecule has 226 valence electrons. The van der Waals surface area contributed by atoms with E-state index in [0.29, 0.717) is 12.8 Å². The third kappa shape index (κ3) is 4.58. The number of ether oxygens (including phenoxy) is 3. The second-order valence-electron chi connectivity index (χ2n) is 12.2. The second kappa shape index (κ2) is 10.5. The van der Waals surface area contributed by atoms with Crippen molar-refractivity contribution in [3.8, 4) is 0 Å². The second-order valence-corrected chi connectivity index (χ2v) is 12.2. The van der Waals surface area contributed by atoms with E-state index in [1.165, 1.54) is 11.0 Å². The van der Waals surface area contributed by atoms with Crippen molar-refractivity contribution >= 4 is 23.9 Å². The number of aliphatic hydroxyl groups is 1. The standard InChI is InChI=1S/C32H35N3O8/c1-34(2)24(37)12-11-19-7-9-20(10-8-19)18-35-27-29(38)40-23-17-32(27,30(39)33-13-14-36)28(43-35)26-25(23)41-31(42-26)15-21-5-3-4-6-22(21)16-31/h3-12,23,25-28,36H,13-18H2,1-2H3,(H,33,39)/t23-,25-,26-,27-,28+,32-/m0/s1. The van der Waals surface area contributed by atoms with Crippen LogP contribution in [-0.4, -0.2) is 96.3 Å². The van der Waals surface area contributed by atoms with Crippen LogP contribution in [0.25, 0.3) is 6.08 Å². The first-order valence-corrected chi connectivity index (χ1v) is 14.7. The third-order valence-electron chi connectivity index (χ3n) is 9.29. The van der Waals surface area contributed by atoms with E-state index in [2.05, 4.69) is 17.4 Å². The van der Waals surface area contributed by atoms with Crippen LogP contribution < -0.4 is 5.32 Å². The van der Waals surface area contributed by atoms with Gasteiger partial charge < -0.3 is 29.5 Å². The average molecular weight is 590 g/mol. The first-order valence-electron chi connectivity index (χ1n) is 14.7. The van der Waals surface area contributed by atoms with Gasteiger partial charge in [0.1, 0.15) is 29.8 Å². The maximum absolute atomic E-state index is 13.9. The Labute approximate surface area is 249 Å². The van der Waals surface area contributed by atoms with Crippen molar-refractivity contribution in [1.82, 2.24) is 15.3 Å². The van der Waals surface area contributed by atoms with Crippen LogP contribution in [0.5, 0.6) is 0 Å². The Kier molecular flexibility index (Phi) is 6.90. The molecule has 2 aromatic rings. The number of nitrogens with zero attached hydrogens (tertiary/aromatic N) is 2. The minimum atomic E-state index is -1.29. The summed E-state index contributed by atoms with van der Waals surface area (Å²) >= 11 is 0. The number of nitrogens with one attached hydrogen (secondary N) is 1. The number of hydrogen-bond acceptors (Lipinski definition) is 9. The van der Waals surface area contributed by atoms with Gasteiger partial charge in [0.25, 0.3) is 0 Å². The number of fused-ring (bicyclic) bond motifs is 5. The molecule has 0 aromatic heterocycles. The van der Waals surface area contributed by atoms with Crippen molar-refractivity contribution < 1.29 is 38.5 Å². The molecule has 1 saturated carbocycles. The Morgan fingerprint density at radius 1 is 1.07 bits per heavy atom. The lowest BCUT2D eigenvalue weighted by Gasteiger charge is -2.48. The summed E-state index contributed by atoms with van der Waals surface area (Å²) in [5, 5.41) is 13.8. The van der Waals surface area contributed by atoms with Crippen LogP contribution in [0.3, 0.4) is 0 Å². The molecule has 0 unspecified atom stereocenters. The molecule has 43 heavy (non-hydrogen) atoms. The number of hydrogen-bond donors (Lipinski definition) is 2. The molecule has 6 atom stereocenters. The molecule has 2 N–H and O–H groups in total. The molecule has 11 heteroatoms. The third-order valence-corrected chi connectivity index (χ3v) is 9.29. The van der Waals surface area contributed by atoms with Crippen LogP contribution in [0.4, 0.5) is 0 Å². The molecule has 2 amide bonds. The van der Waals surface area contributed by atoms with Gasteiger partial charge in [0.05, 0.1) is 13.2 Å². The lowest BCUT2D eigenvalue weighted by molar-refractivity contribution is -0.217. The summed E-state index contributed by atoms with van der Waals surface area (Å²) in [4.78, 5) is 47.5. The number of hydroxylamine groups is 2. The molecular formula is C32H35N3O8. The molecule has 5 aliphatic rings. The van der Waals surface area contributed by atoms with Gasteiger partial charge in [-0.1, -0.05) is 48.5 Å². The van der Waals surface area contributed by atoms with Gasteiger partial charge in [-0.3, -0.25) is 19.2 Å². The van der Waals surface area contributed by atoms with Crippen molar-refractivity contribution in [2.45, 2.75) is 62.1 Å². The predicted molar refractivity (Wildman–Crippen MR) is 152 cm³/mol. The number of likely N-dealkylation sites (N-methyl/N-ethyl adjacent to an activating group) is 1. The van der Waals surface area contributed by atoms with E-state index in [-0.39, 0.29) is 37.9 Å². The molecule has 2 bridgehead atoms. The average Bonchev–Trinajstić information content (AvgIpc) is 3.66. The number of carbonyl (C=O) groups is 3. The number of benzene rings is 2. The molecule has 3 aliphatic heterocycles. The fraction of sp³-hybridized carbons (Fsp3) is 0.469. The minimum absolute atomic E-state index is 0.0513. The summed E-state index contributed by atoms with van der Waals surface area (Å²) in [5.41, 5.74) is 2.70. The van der Waals surface area contributed by atoms with Gasteiger partial charge in [-0.15, -0.1) is 0 Å². The molecule has 3 saturated heterocycles. The predicted octanol–water partition coefficient (Wildman–Crippen LogP) is 0.976. The monoisotopic (exact) mass is 589 g/mol. The number of amides is 2. The van der Waals surface area contributed by atoms with Gasteiger partial charge in [0.15, 0.2) is 11.8 Å². The Hall–Kier alpha value is -3.61. The molecule has 3 heterocycles. The number of esters is 1. The van der Waals surface area contributed by atoms with Gasteiger partial charge in [0.2, 0.25) is 11.8 Å². The topological polar surface area (TPSA) is 127 Å². The Bertz CT molecular complexity index is 1450. The SMILES string of the molecule is CN(C)C(=O)C=Cc1ccc(CN2O[C@@H]3[C@H]4OC5(Cc6ccccc6C5)O[C@H]4[C@@H]4C[C@]3(C(=O)NCCO)[C@@H]2C(=O)O4)cc1. The van der Waals surface area contributed by atoms with E-state index in [1.54, 1.807) is 25.2 Å². The fourth-order valence-corrected chi connectivity index (χ4v) is 7.32. The van der Waals surface area contributed by atoms with Crippen LogP contribution in [0, 0.1) is 5.41 Å². The first kappa shape index (κ1) is 28.2. The number of carbonyl (C=O) groups excluding carboxylic acids is 3. The number of aliphatic hydroxyl groups excluding tert-OH is 1. The van der Waals surface area contributed by atoms with Crippen LogP contribution in [-0.2, 0) is 52.8 Å². The molecule has 4 fully saturated rings. The molecule has 7 rings (SSSR count). The fourth-order valence-electron chi connectivity index (χ4n) is 7.32. The van der Waals surface area contributed by atoms with Crippen molar-refractivity contribution in [3.63, 3.8) is 0 Å². The Balaban J connectivity index is 1.18. The molecule has 0 radical (unpaired) electrons. The maximum atomic E-state index is 13.9. The zero-order valence-electron chi connectivity index (χ0n) is 24.1. The summed E-state index contributed by atoms with van der Waals surface area (Å²) < 4.78 is 19.3. The van der Waals surface area contributed by atoms with Crippen molar-refractivity contribution in [3.05, 3.63) is 76.9 Å². The van der Waals surface area contributed by atoms with E-state index < -0.39 is 47.6 Å². The van der Waals surface area contributed by atoms with Gasteiger partial charge in [-0.2, -0.15) is 5.06 Å². The number of rotatable bonds is 7. The summed E-state index contributed by atoms with van der Waals surface area (Å²) in [6.07, 6.45) is 1.87. The van der Waals surface area contributed by atoms with E-state index in [1.807, 2.05) is 36.4 Å². The van der Waals surface area contributed by atoms with Gasteiger partial charge in [-0.05, 0) is 28.3 Å². The summed E-state index contributed by atoms with van der Waals surface area (Å²) in [5.74, 6) is -1.95. The van der Waals surface area contributed by atoms with Gasteiger partial charge in [0, 0.05) is 46.0 Å². The maximum Gasteiger partial charge on any atom is 0.327 e. The van der Waals surface area contributed by atoms with Crippen molar-refractivity contribution in [2.75, 3.05) is 27.2 Å². The highest BCUT2D eigenvalue weighted by atomic mass is 16.8. The molecule has 2 aliphatic carbocycles. The molecule has 2 aromatic carbocycles. The lowest BCUT2D eigenvalue weighted by Crippen LogP contribution is -2.69. The van der Waals surface area contributed by atoms with Crippen LogP contribution >= 0.6 is 0 Å². The quantitative estimate of drug-likeness (QED) is 0.359.